The van der Waals surface area contributed by atoms with Gasteiger partial charge in [0.15, 0.2) is 6.61 Å². The lowest BCUT2D eigenvalue weighted by atomic mass is 10.1. The van der Waals surface area contributed by atoms with Crippen molar-refractivity contribution < 1.29 is 23.5 Å². The quantitative estimate of drug-likeness (QED) is 0.809. The van der Waals surface area contributed by atoms with Crippen LogP contribution >= 0.6 is 11.3 Å². The van der Waals surface area contributed by atoms with E-state index in [9.17, 15) is 14.4 Å². The Morgan fingerprint density at radius 2 is 2.17 bits per heavy atom. The minimum absolute atomic E-state index is 0.0192. The van der Waals surface area contributed by atoms with E-state index in [1.165, 1.54) is 23.7 Å². The summed E-state index contributed by atoms with van der Waals surface area (Å²) in [7, 11) is 0. The van der Waals surface area contributed by atoms with Crippen LogP contribution < -0.4 is 11.1 Å². The van der Waals surface area contributed by atoms with E-state index in [1.54, 1.807) is 6.07 Å². The Kier molecular flexibility index (Phi) is 4.16. The van der Waals surface area contributed by atoms with E-state index in [0.717, 1.165) is 29.7 Å². The van der Waals surface area contributed by atoms with Crippen molar-refractivity contribution in [2.75, 3.05) is 11.9 Å². The maximum Gasteiger partial charge on any atom is 0.374 e. The SMILES string of the molecule is NC(=O)c1c(NC(=O)COC(=O)c2ccco2)sc2c1CCC2. The number of rotatable bonds is 5. The molecule has 23 heavy (non-hydrogen) atoms. The van der Waals surface area contributed by atoms with Crippen molar-refractivity contribution in [3.8, 4) is 0 Å². The van der Waals surface area contributed by atoms with Crippen LogP contribution in [-0.4, -0.2) is 24.4 Å². The molecule has 0 unspecified atom stereocenters. The van der Waals surface area contributed by atoms with Gasteiger partial charge in [-0.25, -0.2) is 4.79 Å². The second-order valence-corrected chi connectivity index (χ2v) is 6.13. The number of ether oxygens (including phenoxy) is 1. The second-order valence-electron chi connectivity index (χ2n) is 5.03. The van der Waals surface area contributed by atoms with Gasteiger partial charge in [0.1, 0.15) is 5.00 Å². The van der Waals surface area contributed by atoms with Gasteiger partial charge >= 0.3 is 5.97 Å². The lowest BCUT2D eigenvalue weighted by Crippen LogP contribution is -2.22. The van der Waals surface area contributed by atoms with Crippen LogP contribution in [0.15, 0.2) is 22.8 Å². The minimum Gasteiger partial charge on any atom is -0.457 e. The van der Waals surface area contributed by atoms with Gasteiger partial charge in [-0.2, -0.15) is 0 Å². The summed E-state index contributed by atoms with van der Waals surface area (Å²) >= 11 is 1.35. The standard InChI is InChI=1S/C15H14N2O5S/c16-13(19)12-8-3-1-5-10(8)23-14(12)17-11(18)7-22-15(20)9-4-2-6-21-9/h2,4,6H,1,3,5,7H2,(H2,16,19)(H,17,18). The first-order chi connectivity index (χ1) is 11.1. The van der Waals surface area contributed by atoms with E-state index >= 15 is 0 Å². The molecule has 1 aliphatic carbocycles. The number of aryl methyl sites for hydroxylation is 1. The van der Waals surface area contributed by atoms with Crippen LogP contribution in [0.2, 0.25) is 0 Å². The number of amides is 2. The number of nitrogens with one attached hydrogen (secondary N) is 1. The molecule has 2 aromatic heterocycles. The molecule has 0 radical (unpaired) electrons. The predicted molar refractivity (Wildman–Crippen MR) is 82.5 cm³/mol. The fourth-order valence-electron chi connectivity index (χ4n) is 2.51. The third-order valence-electron chi connectivity index (χ3n) is 3.48. The van der Waals surface area contributed by atoms with Gasteiger partial charge in [-0.1, -0.05) is 0 Å². The largest absolute Gasteiger partial charge is 0.457 e. The summed E-state index contributed by atoms with van der Waals surface area (Å²) < 4.78 is 9.71. The molecule has 7 nitrogen and oxygen atoms in total. The van der Waals surface area contributed by atoms with Gasteiger partial charge in [-0.3, -0.25) is 9.59 Å². The molecule has 8 heteroatoms. The van der Waals surface area contributed by atoms with Crippen molar-refractivity contribution in [3.05, 3.63) is 40.2 Å². The van der Waals surface area contributed by atoms with E-state index in [4.69, 9.17) is 14.9 Å². The molecule has 2 aromatic rings. The monoisotopic (exact) mass is 334 g/mol. The molecule has 0 atom stereocenters. The number of esters is 1. The highest BCUT2D eigenvalue weighted by atomic mass is 32.1. The zero-order valence-electron chi connectivity index (χ0n) is 12.1. The molecular formula is C15H14N2O5S. The molecule has 120 valence electrons. The summed E-state index contributed by atoms with van der Waals surface area (Å²) in [5.41, 5.74) is 6.70. The Bertz CT molecular complexity index is 763. The molecule has 0 fully saturated rings. The van der Waals surface area contributed by atoms with Crippen molar-refractivity contribution >= 4 is 34.1 Å². The summed E-state index contributed by atoms with van der Waals surface area (Å²) in [6, 6.07) is 2.98. The maximum atomic E-state index is 11.9. The van der Waals surface area contributed by atoms with Gasteiger partial charge in [-0.05, 0) is 37.0 Å². The smallest absolute Gasteiger partial charge is 0.374 e. The van der Waals surface area contributed by atoms with Gasteiger partial charge in [0.05, 0.1) is 11.8 Å². The lowest BCUT2D eigenvalue weighted by molar-refractivity contribution is -0.119. The molecule has 0 bridgehead atoms. The summed E-state index contributed by atoms with van der Waals surface area (Å²) in [5.74, 6) is -1.81. The zero-order chi connectivity index (χ0) is 16.4. The highest BCUT2D eigenvalue weighted by Crippen LogP contribution is 2.38. The number of anilines is 1. The summed E-state index contributed by atoms with van der Waals surface area (Å²) in [5, 5.41) is 3.01. The van der Waals surface area contributed by atoms with E-state index in [2.05, 4.69) is 5.32 Å². The van der Waals surface area contributed by atoms with Crippen molar-refractivity contribution in [2.24, 2.45) is 5.73 Å². The average molecular weight is 334 g/mol. The van der Waals surface area contributed by atoms with E-state index in [1.807, 2.05) is 0 Å². The molecule has 0 spiro atoms. The van der Waals surface area contributed by atoms with Crippen molar-refractivity contribution in [1.82, 2.24) is 0 Å². The number of nitrogens with two attached hydrogens (primary N) is 1. The van der Waals surface area contributed by atoms with Crippen molar-refractivity contribution in [3.63, 3.8) is 0 Å². The molecule has 2 amide bonds. The number of hydrogen-bond acceptors (Lipinski definition) is 6. The predicted octanol–water partition coefficient (Wildman–Crippen LogP) is 1.72. The Labute approximate surface area is 135 Å². The first-order valence-electron chi connectivity index (χ1n) is 7.01. The molecule has 0 saturated heterocycles. The van der Waals surface area contributed by atoms with Crippen LogP contribution in [0, 0.1) is 0 Å². The number of thiophene rings is 1. The van der Waals surface area contributed by atoms with Gasteiger partial charge in [0.25, 0.3) is 11.8 Å². The Hall–Kier alpha value is -2.61. The Balaban J connectivity index is 1.64. The molecule has 1 aliphatic rings. The molecule has 0 aliphatic heterocycles. The molecule has 3 rings (SSSR count). The van der Waals surface area contributed by atoms with Crippen LogP contribution in [0.4, 0.5) is 5.00 Å². The third-order valence-corrected chi connectivity index (χ3v) is 4.68. The van der Waals surface area contributed by atoms with Crippen LogP contribution in [0.1, 0.15) is 37.8 Å². The first-order valence-corrected chi connectivity index (χ1v) is 7.82. The number of carbonyl (C=O) groups excluding carboxylic acids is 3. The maximum absolute atomic E-state index is 11.9. The molecule has 0 saturated carbocycles. The Morgan fingerprint density at radius 3 is 2.87 bits per heavy atom. The topological polar surface area (TPSA) is 112 Å². The molecule has 0 aromatic carbocycles. The van der Waals surface area contributed by atoms with E-state index in [-0.39, 0.29) is 5.76 Å². The van der Waals surface area contributed by atoms with E-state index < -0.39 is 24.4 Å². The summed E-state index contributed by atoms with van der Waals surface area (Å²) in [6.45, 7) is -0.472. The highest BCUT2D eigenvalue weighted by Gasteiger charge is 2.26. The van der Waals surface area contributed by atoms with Crippen LogP contribution in [0.3, 0.4) is 0 Å². The van der Waals surface area contributed by atoms with E-state index in [0.29, 0.717) is 10.6 Å². The van der Waals surface area contributed by atoms with Crippen molar-refractivity contribution in [1.29, 1.82) is 0 Å². The van der Waals surface area contributed by atoms with Crippen molar-refractivity contribution in [2.45, 2.75) is 19.3 Å². The normalized spacial score (nSPS) is 12.7. The van der Waals surface area contributed by atoms with Gasteiger partial charge in [0.2, 0.25) is 5.76 Å². The molecule has 3 N–H and O–H groups in total. The molecule has 2 heterocycles. The number of primary amides is 1. The van der Waals surface area contributed by atoms with Gasteiger partial charge < -0.3 is 20.2 Å². The number of fused-ring (bicyclic) bond motifs is 1. The minimum atomic E-state index is -0.728. The highest BCUT2D eigenvalue weighted by molar-refractivity contribution is 7.17. The fourth-order valence-corrected chi connectivity index (χ4v) is 3.82. The van der Waals surface area contributed by atoms with Crippen LogP contribution in [0.5, 0.6) is 0 Å². The number of furan rings is 1. The van der Waals surface area contributed by atoms with Gasteiger partial charge in [-0.15, -0.1) is 11.3 Å². The fraction of sp³-hybridized carbons (Fsp3) is 0.267. The summed E-state index contributed by atoms with van der Waals surface area (Å²) in [6.07, 6.45) is 3.98. The van der Waals surface area contributed by atoms with Crippen LogP contribution in [-0.2, 0) is 22.4 Å². The average Bonchev–Trinajstić information content (AvgIpc) is 3.20. The number of carbonyl (C=O) groups is 3. The summed E-state index contributed by atoms with van der Waals surface area (Å²) in [4.78, 5) is 36.2. The Morgan fingerprint density at radius 1 is 1.35 bits per heavy atom. The lowest BCUT2D eigenvalue weighted by Gasteiger charge is -2.06. The first kappa shape index (κ1) is 15.3. The zero-order valence-corrected chi connectivity index (χ0v) is 12.9. The van der Waals surface area contributed by atoms with Crippen LogP contribution in [0.25, 0.3) is 0 Å². The van der Waals surface area contributed by atoms with Gasteiger partial charge in [0, 0.05) is 4.88 Å². The third kappa shape index (κ3) is 3.11. The molecular weight excluding hydrogens is 320 g/mol. The second kappa shape index (κ2) is 6.25. The number of hydrogen-bond donors (Lipinski definition) is 2.